The fourth-order valence-electron chi connectivity index (χ4n) is 6.57. The molecule has 0 bridgehead atoms. The number of carbonyl (C=O) groups excluding carboxylic acids is 2. The summed E-state index contributed by atoms with van der Waals surface area (Å²) in [5.74, 6) is 2.44. The van der Waals surface area contributed by atoms with Gasteiger partial charge in [-0.05, 0) is 66.9 Å². The smallest absolute Gasteiger partial charge is 0.155 e. The van der Waals surface area contributed by atoms with Crippen LogP contribution in [0.25, 0.3) is 0 Å². The van der Waals surface area contributed by atoms with Crippen molar-refractivity contribution in [3.05, 3.63) is 11.6 Å². The largest absolute Gasteiger partial charge is 0.377 e. The molecule has 3 saturated carbocycles. The maximum absolute atomic E-state index is 12.5. The monoisotopic (exact) mass is 316 g/mol. The summed E-state index contributed by atoms with van der Waals surface area (Å²) in [4.78, 5) is 24.5. The third-order valence-corrected chi connectivity index (χ3v) is 7.95. The van der Waals surface area contributed by atoms with Crippen LogP contribution >= 0.6 is 0 Å². The summed E-state index contributed by atoms with van der Waals surface area (Å²) in [6, 6.07) is 0. The van der Waals surface area contributed by atoms with E-state index in [2.05, 4.69) is 13.8 Å². The Hall–Kier alpha value is -0.960. The van der Waals surface area contributed by atoms with E-state index in [1.54, 1.807) is 7.11 Å². The lowest BCUT2D eigenvalue weighted by Crippen LogP contribution is -2.54. The molecule has 3 fully saturated rings. The Labute approximate surface area is 138 Å². The lowest BCUT2D eigenvalue weighted by atomic mass is 9.47. The minimum atomic E-state index is -0.0957. The number of ketones is 2. The molecule has 0 aliphatic heterocycles. The van der Waals surface area contributed by atoms with Crippen LogP contribution in [0.5, 0.6) is 0 Å². The van der Waals surface area contributed by atoms with Crippen molar-refractivity contribution in [3.63, 3.8) is 0 Å². The Balaban J connectivity index is 1.75. The van der Waals surface area contributed by atoms with Gasteiger partial charge in [0.1, 0.15) is 5.78 Å². The lowest BCUT2D eigenvalue weighted by molar-refractivity contribution is -0.135. The summed E-state index contributed by atoms with van der Waals surface area (Å²) >= 11 is 0. The number of hydrogen-bond donors (Lipinski definition) is 0. The van der Waals surface area contributed by atoms with Gasteiger partial charge in [-0.1, -0.05) is 13.8 Å². The summed E-state index contributed by atoms with van der Waals surface area (Å²) in [5.41, 5.74) is 1.23. The molecule has 0 heterocycles. The van der Waals surface area contributed by atoms with Gasteiger partial charge in [-0.15, -0.1) is 0 Å². The van der Waals surface area contributed by atoms with Gasteiger partial charge in [0.25, 0.3) is 0 Å². The number of rotatable bonds is 1. The van der Waals surface area contributed by atoms with Crippen molar-refractivity contribution in [2.24, 2.45) is 28.6 Å². The third-order valence-electron chi connectivity index (χ3n) is 7.95. The van der Waals surface area contributed by atoms with Crippen molar-refractivity contribution in [1.82, 2.24) is 0 Å². The van der Waals surface area contributed by atoms with Crippen molar-refractivity contribution in [3.8, 4) is 0 Å². The summed E-state index contributed by atoms with van der Waals surface area (Å²) in [6.45, 7) is 4.57. The normalized spacial score (nSPS) is 49.3. The summed E-state index contributed by atoms with van der Waals surface area (Å²) < 4.78 is 5.83. The van der Waals surface area contributed by atoms with E-state index >= 15 is 0 Å². The second kappa shape index (κ2) is 5.02. The van der Waals surface area contributed by atoms with E-state index in [4.69, 9.17) is 4.74 Å². The molecule has 4 aliphatic rings. The molecule has 3 heteroatoms. The average molecular weight is 316 g/mol. The van der Waals surface area contributed by atoms with Gasteiger partial charge >= 0.3 is 0 Å². The molecule has 0 spiro atoms. The maximum atomic E-state index is 12.5. The minimum Gasteiger partial charge on any atom is -0.377 e. The second-order valence-corrected chi connectivity index (χ2v) is 8.74. The number of ether oxygens (including phenoxy) is 1. The van der Waals surface area contributed by atoms with Crippen LogP contribution in [0.1, 0.15) is 58.8 Å². The van der Waals surface area contributed by atoms with Crippen LogP contribution in [0.2, 0.25) is 0 Å². The summed E-state index contributed by atoms with van der Waals surface area (Å²) in [5, 5.41) is 0. The van der Waals surface area contributed by atoms with Crippen molar-refractivity contribution < 1.29 is 14.3 Å². The van der Waals surface area contributed by atoms with Gasteiger partial charge in [0.05, 0.1) is 6.10 Å². The van der Waals surface area contributed by atoms with E-state index in [0.29, 0.717) is 30.0 Å². The molecule has 0 amide bonds. The highest BCUT2D eigenvalue weighted by Crippen LogP contribution is 2.64. The molecule has 4 aliphatic carbocycles. The zero-order chi connectivity index (χ0) is 16.4. The van der Waals surface area contributed by atoms with Crippen LogP contribution in [0.3, 0.4) is 0 Å². The SMILES string of the molecule is CO[C@H]1C[C@@H]2[C@H](CC[C@]3(C)C(=O)CC[C@@H]23)[C@@]2(C)CCC(=O)C=C12. The van der Waals surface area contributed by atoms with Crippen LogP contribution in [0.4, 0.5) is 0 Å². The van der Waals surface area contributed by atoms with E-state index < -0.39 is 0 Å². The number of Topliss-reactive ketones (excluding diaryl/α,β-unsaturated/α-hetero) is 1. The van der Waals surface area contributed by atoms with Crippen molar-refractivity contribution in [2.45, 2.75) is 64.9 Å². The molecule has 0 aromatic rings. The third kappa shape index (κ3) is 1.98. The van der Waals surface area contributed by atoms with E-state index in [0.717, 1.165) is 38.5 Å². The molecular weight excluding hydrogens is 288 g/mol. The first-order valence-corrected chi connectivity index (χ1v) is 9.21. The molecule has 0 unspecified atom stereocenters. The number of methoxy groups -OCH3 is 1. The molecule has 0 radical (unpaired) electrons. The molecule has 0 aromatic carbocycles. The quantitative estimate of drug-likeness (QED) is 0.740. The van der Waals surface area contributed by atoms with Gasteiger partial charge in [0.2, 0.25) is 0 Å². The molecule has 0 N–H and O–H groups in total. The number of hydrogen-bond acceptors (Lipinski definition) is 3. The van der Waals surface area contributed by atoms with Crippen molar-refractivity contribution >= 4 is 11.6 Å². The summed E-state index contributed by atoms with van der Waals surface area (Å²) in [6.07, 6.45) is 8.54. The Morgan fingerprint density at radius 1 is 1.04 bits per heavy atom. The predicted octanol–water partition coefficient (Wildman–Crippen LogP) is 3.71. The Bertz CT molecular complexity index is 592. The first kappa shape index (κ1) is 15.6. The van der Waals surface area contributed by atoms with Crippen LogP contribution in [0, 0.1) is 28.6 Å². The van der Waals surface area contributed by atoms with E-state index in [-0.39, 0.29) is 22.7 Å². The second-order valence-electron chi connectivity index (χ2n) is 8.74. The number of carbonyl (C=O) groups is 2. The van der Waals surface area contributed by atoms with Crippen LogP contribution in [-0.2, 0) is 14.3 Å². The Kier molecular flexibility index (Phi) is 3.39. The highest BCUT2D eigenvalue weighted by atomic mass is 16.5. The van der Waals surface area contributed by atoms with Gasteiger partial charge in [-0.3, -0.25) is 9.59 Å². The molecular formula is C20H28O3. The van der Waals surface area contributed by atoms with Gasteiger partial charge < -0.3 is 4.74 Å². The zero-order valence-electron chi connectivity index (χ0n) is 14.6. The Morgan fingerprint density at radius 2 is 1.78 bits per heavy atom. The van der Waals surface area contributed by atoms with Crippen molar-refractivity contribution in [1.29, 1.82) is 0 Å². The molecule has 0 saturated heterocycles. The highest BCUT2D eigenvalue weighted by Gasteiger charge is 2.60. The maximum Gasteiger partial charge on any atom is 0.155 e. The standard InChI is InChI=1S/C20H28O3/c1-19-8-6-12(21)10-16(19)17(23-3)11-13-14-4-5-18(22)20(14,2)9-7-15(13)19/h10,13-15,17H,4-9,11H2,1-3H3/t13-,14-,15-,17-,19+,20-/m0/s1. The van der Waals surface area contributed by atoms with Gasteiger partial charge in [-0.2, -0.15) is 0 Å². The molecule has 4 rings (SSSR count). The summed E-state index contributed by atoms with van der Waals surface area (Å²) in [7, 11) is 1.77. The van der Waals surface area contributed by atoms with Crippen LogP contribution in [0.15, 0.2) is 11.6 Å². The van der Waals surface area contributed by atoms with Gasteiger partial charge in [-0.25, -0.2) is 0 Å². The van der Waals surface area contributed by atoms with Gasteiger partial charge in [0, 0.05) is 25.4 Å². The first-order chi connectivity index (χ1) is 10.9. The molecule has 0 aromatic heterocycles. The first-order valence-electron chi connectivity index (χ1n) is 9.21. The van der Waals surface area contributed by atoms with E-state index in [1.807, 2.05) is 6.08 Å². The fraction of sp³-hybridized carbons (Fsp3) is 0.800. The zero-order valence-corrected chi connectivity index (χ0v) is 14.6. The van der Waals surface area contributed by atoms with Gasteiger partial charge in [0.15, 0.2) is 5.78 Å². The van der Waals surface area contributed by atoms with Crippen LogP contribution < -0.4 is 0 Å². The lowest BCUT2D eigenvalue weighted by Gasteiger charge is -2.58. The molecule has 6 atom stereocenters. The van der Waals surface area contributed by atoms with E-state index in [9.17, 15) is 9.59 Å². The van der Waals surface area contributed by atoms with Crippen molar-refractivity contribution in [2.75, 3.05) is 7.11 Å². The fourth-order valence-corrected chi connectivity index (χ4v) is 6.57. The average Bonchev–Trinajstić information content (AvgIpc) is 2.83. The molecule has 3 nitrogen and oxygen atoms in total. The molecule has 126 valence electrons. The molecule has 23 heavy (non-hydrogen) atoms. The van der Waals surface area contributed by atoms with Crippen LogP contribution in [-0.4, -0.2) is 24.8 Å². The topological polar surface area (TPSA) is 43.4 Å². The number of fused-ring (bicyclic) bond motifs is 5. The predicted molar refractivity (Wildman–Crippen MR) is 87.9 cm³/mol. The highest BCUT2D eigenvalue weighted by molar-refractivity contribution is 5.92. The van der Waals surface area contributed by atoms with E-state index in [1.165, 1.54) is 5.57 Å². The Morgan fingerprint density at radius 3 is 2.52 bits per heavy atom. The minimum absolute atomic E-state index is 0.0588.